The molecular weight excluding hydrogens is 374 g/mol. The summed E-state index contributed by atoms with van der Waals surface area (Å²) in [6.45, 7) is 7.59. The molecule has 150 valence electrons. The van der Waals surface area contributed by atoms with Gasteiger partial charge in [0.15, 0.2) is 11.8 Å². The van der Waals surface area contributed by atoms with Crippen LogP contribution in [0.3, 0.4) is 0 Å². The maximum Gasteiger partial charge on any atom is 0.338 e. The fourth-order valence-electron chi connectivity index (χ4n) is 2.72. The average molecular weight is 402 g/mol. The van der Waals surface area contributed by atoms with Gasteiger partial charge in [-0.25, -0.2) is 14.8 Å². The molecule has 7 heteroatoms. The number of nitrogens with one attached hydrogen (secondary N) is 1. The summed E-state index contributed by atoms with van der Waals surface area (Å²) in [5.74, 6) is -0.247. The lowest BCUT2D eigenvalue weighted by atomic mass is 10.1. The van der Waals surface area contributed by atoms with Crippen molar-refractivity contribution in [1.29, 1.82) is 0 Å². The molecule has 28 heavy (non-hydrogen) atoms. The van der Waals surface area contributed by atoms with Gasteiger partial charge in [-0.2, -0.15) is 0 Å². The van der Waals surface area contributed by atoms with E-state index in [1.807, 2.05) is 45.9 Å². The van der Waals surface area contributed by atoms with Crippen LogP contribution in [0.5, 0.6) is 0 Å². The third kappa shape index (κ3) is 6.64. The van der Waals surface area contributed by atoms with Crippen LogP contribution in [0.4, 0.5) is 0 Å². The van der Waals surface area contributed by atoms with Crippen LogP contribution in [0, 0.1) is 13.8 Å². The van der Waals surface area contributed by atoms with Gasteiger partial charge in [-0.3, -0.25) is 4.79 Å². The molecule has 1 heterocycles. The van der Waals surface area contributed by atoms with Crippen LogP contribution >= 0.6 is 11.8 Å². The highest BCUT2D eigenvalue weighted by molar-refractivity contribution is 7.98. The fourth-order valence-corrected chi connectivity index (χ4v) is 3.67. The number of carbonyl (C=O) groups excluding carboxylic acids is 2. The highest BCUT2D eigenvalue weighted by Gasteiger charge is 2.16. The van der Waals surface area contributed by atoms with Gasteiger partial charge >= 0.3 is 5.97 Å². The Kier molecular flexibility index (Phi) is 8.44. The number of hydrogen-bond acceptors (Lipinski definition) is 6. The third-order valence-corrected chi connectivity index (χ3v) is 5.14. The van der Waals surface area contributed by atoms with Crippen molar-refractivity contribution in [2.24, 2.45) is 0 Å². The molecule has 0 aliphatic heterocycles. The van der Waals surface area contributed by atoms with Crippen molar-refractivity contribution in [2.75, 3.05) is 6.61 Å². The zero-order valence-corrected chi connectivity index (χ0v) is 17.6. The van der Waals surface area contributed by atoms with Crippen molar-refractivity contribution in [2.45, 2.75) is 57.5 Å². The highest BCUT2D eigenvalue weighted by atomic mass is 32.2. The number of benzene rings is 1. The average Bonchev–Trinajstić information content (AvgIpc) is 2.68. The van der Waals surface area contributed by atoms with Crippen molar-refractivity contribution in [1.82, 2.24) is 15.3 Å². The smallest absolute Gasteiger partial charge is 0.338 e. The van der Waals surface area contributed by atoms with Crippen LogP contribution in [0.15, 0.2) is 35.5 Å². The molecule has 0 fully saturated rings. The van der Waals surface area contributed by atoms with Gasteiger partial charge in [0.05, 0.1) is 5.56 Å². The van der Waals surface area contributed by atoms with E-state index in [2.05, 4.69) is 15.3 Å². The molecule has 0 saturated heterocycles. The second-order valence-corrected chi connectivity index (χ2v) is 7.48. The van der Waals surface area contributed by atoms with Gasteiger partial charge in [0.1, 0.15) is 0 Å². The molecule has 0 unspecified atom stereocenters. The summed E-state index contributed by atoms with van der Waals surface area (Å²) in [7, 11) is 0. The minimum Gasteiger partial charge on any atom is -0.452 e. The summed E-state index contributed by atoms with van der Waals surface area (Å²) in [6, 6.07) is 9.25. The molecule has 0 spiro atoms. The molecule has 0 aliphatic rings. The lowest BCUT2D eigenvalue weighted by Crippen LogP contribution is -2.36. The minimum absolute atomic E-state index is 0.104. The van der Waals surface area contributed by atoms with Crippen LogP contribution in [0.2, 0.25) is 0 Å². The summed E-state index contributed by atoms with van der Waals surface area (Å²) in [4.78, 5) is 33.2. The van der Waals surface area contributed by atoms with Crippen LogP contribution in [-0.4, -0.2) is 34.5 Å². The van der Waals surface area contributed by atoms with Crippen LogP contribution in [-0.2, 0) is 15.3 Å². The number of esters is 1. The number of aromatic nitrogens is 2. The van der Waals surface area contributed by atoms with E-state index in [0.29, 0.717) is 16.5 Å². The second kappa shape index (κ2) is 10.8. The molecule has 1 amide bonds. The Morgan fingerprint density at radius 3 is 2.39 bits per heavy atom. The number of amides is 1. The molecule has 0 bridgehead atoms. The van der Waals surface area contributed by atoms with Crippen molar-refractivity contribution in [3.8, 4) is 0 Å². The zero-order valence-electron chi connectivity index (χ0n) is 16.8. The molecule has 0 saturated carbocycles. The molecule has 1 N–H and O–H groups in total. The molecular formula is C21H27N3O3S. The topological polar surface area (TPSA) is 81.2 Å². The first-order chi connectivity index (χ1) is 13.4. The molecule has 6 nitrogen and oxygen atoms in total. The maximum atomic E-state index is 12.5. The fraction of sp³-hybridized carbons (Fsp3) is 0.429. The molecule has 1 aromatic heterocycles. The van der Waals surface area contributed by atoms with Gasteiger partial charge in [0.25, 0.3) is 5.91 Å². The van der Waals surface area contributed by atoms with Crippen molar-refractivity contribution < 1.29 is 14.3 Å². The van der Waals surface area contributed by atoms with E-state index in [1.54, 1.807) is 12.1 Å². The van der Waals surface area contributed by atoms with E-state index in [9.17, 15) is 9.59 Å². The number of nitrogens with zero attached hydrogens (tertiary/aromatic N) is 2. The summed E-state index contributed by atoms with van der Waals surface area (Å²) in [5, 5.41) is 3.53. The van der Waals surface area contributed by atoms with Gasteiger partial charge in [-0.05, 0) is 44.4 Å². The number of carbonyl (C=O) groups is 2. The molecule has 2 rings (SSSR count). The normalized spacial score (nSPS) is 10.8. The molecule has 0 aliphatic carbocycles. The second-order valence-electron chi connectivity index (χ2n) is 6.54. The Hall–Kier alpha value is -2.41. The molecule has 0 atom stereocenters. The first kappa shape index (κ1) is 21.9. The Morgan fingerprint density at radius 2 is 1.75 bits per heavy atom. The SMILES string of the molecule is CCC(CC)NC(=O)COC(=O)c1ccccc1CSc1nc(C)cc(C)n1. The van der Waals surface area contributed by atoms with Crippen LogP contribution in [0.1, 0.15) is 54.0 Å². The number of ether oxygens (including phenoxy) is 1. The van der Waals surface area contributed by atoms with E-state index >= 15 is 0 Å². The standard InChI is InChI=1S/C21H27N3O3S/c1-5-17(6-2)24-19(25)12-27-20(26)18-10-8-7-9-16(18)13-28-21-22-14(3)11-15(4)23-21/h7-11,17H,5-6,12-13H2,1-4H3,(H,24,25). The maximum absolute atomic E-state index is 12.5. The van der Waals surface area contributed by atoms with Gasteiger partial charge in [0, 0.05) is 23.2 Å². The Morgan fingerprint density at radius 1 is 1.11 bits per heavy atom. The van der Waals surface area contributed by atoms with E-state index < -0.39 is 5.97 Å². The first-order valence-corrected chi connectivity index (χ1v) is 10.4. The summed E-state index contributed by atoms with van der Waals surface area (Å²) in [6.07, 6.45) is 1.69. The van der Waals surface area contributed by atoms with E-state index in [4.69, 9.17) is 4.74 Å². The molecule has 2 aromatic rings. The predicted molar refractivity (Wildman–Crippen MR) is 110 cm³/mol. The van der Waals surface area contributed by atoms with Crippen molar-refractivity contribution >= 4 is 23.6 Å². The van der Waals surface area contributed by atoms with Gasteiger partial charge < -0.3 is 10.1 Å². The lowest BCUT2D eigenvalue weighted by molar-refractivity contribution is -0.125. The lowest BCUT2D eigenvalue weighted by Gasteiger charge is -2.15. The number of aryl methyl sites for hydroxylation is 2. The summed E-state index contributed by atoms with van der Waals surface area (Å²) < 4.78 is 5.22. The predicted octanol–water partition coefficient (Wildman–Crippen LogP) is 3.85. The van der Waals surface area contributed by atoms with Gasteiger partial charge in [-0.15, -0.1) is 0 Å². The molecule has 1 aromatic carbocycles. The zero-order chi connectivity index (χ0) is 20.5. The van der Waals surface area contributed by atoms with Gasteiger partial charge in [-0.1, -0.05) is 43.8 Å². The Bertz CT molecular complexity index is 802. The van der Waals surface area contributed by atoms with Gasteiger partial charge in [0.2, 0.25) is 0 Å². The van der Waals surface area contributed by atoms with E-state index in [0.717, 1.165) is 29.8 Å². The monoisotopic (exact) mass is 401 g/mol. The molecule has 0 radical (unpaired) electrons. The number of rotatable bonds is 9. The highest BCUT2D eigenvalue weighted by Crippen LogP contribution is 2.22. The summed E-state index contributed by atoms with van der Waals surface area (Å²) in [5.41, 5.74) is 3.09. The Labute approximate surface area is 170 Å². The van der Waals surface area contributed by atoms with E-state index in [-0.39, 0.29) is 18.6 Å². The van der Waals surface area contributed by atoms with Crippen molar-refractivity contribution in [3.63, 3.8) is 0 Å². The minimum atomic E-state index is -0.503. The van der Waals surface area contributed by atoms with Crippen molar-refractivity contribution in [3.05, 3.63) is 52.8 Å². The summed E-state index contributed by atoms with van der Waals surface area (Å²) >= 11 is 1.46. The first-order valence-electron chi connectivity index (χ1n) is 9.42. The van der Waals surface area contributed by atoms with E-state index in [1.165, 1.54) is 11.8 Å². The van der Waals surface area contributed by atoms with Crippen LogP contribution in [0.25, 0.3) is 0 Å². The number of hydrogen-bond donors (Lipinski definition) is 1. The van der Waals surface area contributed by atoms with Crippen LogP contribution < -0.4 is 5.32 Å². The quantitative estimate of drug-likeness (QED) is 0.390. The number of thioether (sulfide) groups is 1. The Balaban J connectivity index is 1.98. The third-order valence-electron chi connectivity index (χ3n) is 4.24. The largest absolute Gasteiger partial charge is 0.452 e.